The van der Waals surface area contributed by atoms with Gasteiger partial charge in [-0.3, -0.25) is 0 Å². The number of ether oxygens (including phenoxy) is 2. The van der Waals surface area contributed by atoms with Gasteiger partial charge < -0.3 is 14.6 Å². The first-order chi connectivity index (χ1) is 10.1. The zero-order valence-corrected chi connectivity index (χ0v) is 13.7. The van der Waals surface area contributed by atoms with Crippen LogP contribution in [0.25, 0.3) is 0 Å². The van der Waals surface area contributed by atoms with Crippen LogP contribution in [0.1, 0.15) is 22.8 Å². The number of aliphatic hydroxyl groups is 1. The Morgan fingerprint density at radius 2 is 2.10 bits per heavy atom. The van der Waals surface area contributed by atoms with Gasteiger partial charge in [0.2, 0.25) is 0 Å². The average Bonchev–Trinajstić information content (AvgIpc) is 2.93. The van der Waals surface area contributed by atoms with Crippen LogP contribution in [0.5, 0.6) is 11.5 Å². The molecule has 0 fully saturated rings. The van der Waals surface area contributed by atoms with E-state index in [0.29, 0.717) is 22.9 Å². The number of fused-ring (bicyclic) bond motifs is 1. The molecule has 0 radical (unpaired) electrons. The van der Waals surface area contributed by atoms with Crippen molar-refractivity contribution in [1.82, 2.24) is 0 Å². The summed E-state index contributed by atoms with van der Waals surface area (Å²) >= 11 is 9.53. The lowest BCUT2D eigenvalue weighted by Crippen LogP contribution is -2.04. The quantitative estimate of drug-likeness (QED) is 0.884. The SMILES string of the molecule is COc1ccc(Cl)cc1C(O)c1cc(Br)cc2c1OCC2. The second kappa shape index (κ2) is 5.87. The van der Waals surface area contributed by atoms with Crippen LogP contribution in [0, 0.1) is 0 Å². The molecule has 1 atom stereocenters. The minimum atomic E-state index is -0.858. The summed E-state index contributed by atoms with van der Waals surface area (Å²) in [5.41, 5.74) is 2.44. The topological polar surface area (TPSA) is 38.7 Å². The Morgan fingerprint density at radius 3 is 2.86 bits per heavy atom. The monoisotopic (exact) mass is 368 g/mol. The Bertz CT molecular complexity index is 687. The van der Waals surface area contributed by atoms with Crippen molar-refractivity contribution in [2.45, 2.75) is 12.5 Å². The van der Waals surface area contributed by atoms with E-state index < -0.39 is 6.10 Å². The number of rotatable bonds is 3. The fraction of sp³-hybridized carbons (Fsp3) is 0.250. The van der Waals surface area contributed by atoms with Crippen molar-refractivity contribution in [1.29, 1.82) is 0 Å². The maximum absolute atomic E-state index is 10.8. The van der Waals surface area contributed by atoms with E-state index in [9.17, 15) is 5.11 Å². The van der Waals surface area contributed by atoms with Crippen molar-refractivity contribution >= 4 is 27.5 Å². The maximum atomic E-state index is 10.8. The van der Waals surface area contributed by atoms with E-state index in [0.717, 1.165) is 27.8 Å². The minimum Gasteiger partial charge on any atom is -0.496 e. The van der Waals surface area contributed by atoms with Crippen molar-refractivity contribution in [3.63, 3.8) is 0 Å². The average molecular weight is 370 g/mol. The minimum absolute atomic E-state index is 0.553. The summed E-state index contributed by atoms with van der Waals surface area (Å²) in [5.74, 6) is 1.35. The first-order valence-electron chi connectivity index (χ1n) is 6.56. The third kappa shape index (κ3) is 2.76. The molecule has 1 N–H and O–H groups in total. The van der Waals surface area contributed by atoms with Crippen LogP contribution < -0.4 is 9.47 Å². The van der Waals surface area contributed by atoms with E-state index >= 15 is 0 Å². The molecule has 21 heavy (non-hydrogen) atoms. The van der Waals surface area contributed by atoms with Gasteiger partial charge in [-0.15, -0.1) is 0 Å². The van der Waals surface area contributed by atoms with Gasteiger partial charge in [0.15, 0.2) is 0 Å². The Morgan fingerprint density at radius 1 is 1.29 bits per heavy atom. The van der Waals surface area contributed by atoms with Crippen LogP contribution in [-0.2, 0) is 6.42 Å². The van der Waals surface area contributed by atoms with Gasteiger partial charge in [0.1, 0.15) is 17.6 Å². The lowest BCUT2D eigenvalue weighted by atomic mass is 9.97. The lowest BCUT2D eigenvalue weighted by molar-refractivity contribution is 0.208. The van der Waals surface area contributed by atoms with E-state index in [1.165, 1.54) is 0 Å². The normalized spacial score (nSPS) is 14.5. The molecule has 0 amide bonds. The highest BCUT2D eigenvalue weighted by Gasteiger charge is 2.25. The van der Waals surface area contributed by atoms with Crippen LogP contribution in [0.15, 0.2) is 34.8 Å². The van der Waals surface area contributed by atoms with E-state index in [1.54, 1.807) is 25.3 Å². The van der Waals surface area contributed by atoms with Crippen molar-refractivity contribution in [3.05, 3.63) is 56.5 Å². The Balaban J connectivity index is 2.11. The van der Waals surface area contributed by atoms with E-state index in [4.69, 9.17) is 21.1 Å². The third-order valence-electron chi connectivity index (χ3n) is 3.56. The smallest absolute Gasteiger partial charge is 0.128 e. The maximum Gasteiger partial charge on any atom is 0.128 e. The molecule has 2 aromatic carbocycles. The number of methoxy groups -OCH3 is 1. The molecule has 2 aromatic rings. The van der Waals surface area contributed by atoms with Gasteiger partial charge in [-0.1, -0.05) is 27.5 Å². The molecule has 3 rings (SSSR count). The summed E-state index contributed by atoms with van der Waals surface area (Å²) in [5, 5.41) is 11.3. The summed E-state index contributed by atoms with van der Waals surface area (Å²) in [6, 6.07) is 9.09. The van der Waals surface area contributed by atoms with E-state index in [-0.39, 0.29) is 0 Å². The molecule has 1 aliphatic rings. The van der Waals surface area contributed by atoms with Gasteiger partial charge in [-0.25, -0.2) is 0 Å². The molecule has 0 bridgehead atoms. The van der Waals surface area contributed by atoms with Gasteiger partial charge in [-0.05, 0) is 35.9 Å². The van der Waals surface area contributed by atoms with Gasteiger partial charge in [-0.2, -0.15) is 0 Å². The molecule has 0 aliphatic carbocycles. The number of halogens is 2. The molecule has 1 aliphatic heterocycles. The van der Waals surface area contributed by atoms with E-state index in [2.05, 4.69) is 15.9 Å². The summed E-state index contributed by atoms with van der Waals surface area (Å²) < 4.78 is 11.9. The Hall–Kier alpha value is -1.23. The largest absolute Gasteiger partial charge is 0.496 e. The summed E-state index contributed by atoms with van der Waals surface area (Å²) in [6.07, 6.45) is -0.00995. The molecule has 3 nitrogen and oxygen atoms in total. The molecular weight excluding hydrogens is 356 g/mol. The second-order valence-electron chi connectivity index (χ2n) is 4.87. The lowest BCUT2D eigenvalue weighted by Gasteiger charge is -2.18. The Kier molecular flexibility index (Phi) is 4.11. The van der Waals surface area contributed by atoms with Crippen molar-refractivity contribution < 1.29 is 14.6 Å². The van der Waals surface area contributed by atoms with Gasteiger partial charge in [0.25, 0.3) is 0 Å². The second-order valence-corrected chi connectivity index (χ2v) is 6.22. The van der Waals surface area contributed by atoms with Crippen LogP contribution in [-0.4, -0.2) is 18.8 Å². The highest BCUT2D eigenvalue weighted by molar-refractivity contribution is 9.10. The molecule has 0 saturated carbocycles. The molecule has 5 heteroatoms. The number of hydrogen-bond donors (Lipinski definition) is 1. The summed E-state index contributed by atoms with van der Waals surface area (Å²) in [6.45, 7) is 0.637. The van der Waals surface area contributed by atoms with Gasteiger partial charge in [0.05, 0.1) is 13.7 Å². The van der Waals surface area contributed by atoms with Crippen molar-refractivity contribution in [2.24, 2.45) is 0 Å². The fourth-order valence-corrected chi connectivity index (χ4v) is 3.29. The highest BCUT2D eigenvalue weighted by Crippen LogP contribution is 2.41. The first-order valence-corrected chi connectivity index (χ1v) is 7.74. The highest BCUT2D eigenvalue weighted by atomic mass is 79.9. The first kappa shape index (κ1) is 14.7. The molecular formula is C16H14BrClO3. The standard InChI is InChI=1S/C16H14BrClO3/c1-20-14-3-2-11(18)8-12(14)15(19)13-7-10(17)6-9-4-5-21-16(9)13/h2-3,6-8,15,19H,4-5H2,1H3. The predicted molar refractivity (Wildman–Crippen MR) is 85.4 cm³/mol. The molecule has 110 valence electrons. The van der Waals surface area contributed by atoms with Crippen LogP contribution >= 0.6 is 27.5 Å². The number of aliphatic hydroxyl groups excluding tert-OH is 1. The molecule has 0 saturated heterocycles. The fourth-order valence-electron chi connectivity index (χ4n) is 2.59. The van der Waals surface area contributed by atoms with Crippen molar-refractivity contribution in [3.8, 4) is 11.5 Å². The molecule has 1 heterocycles. The van der Waals surface area contributed by atoms with Crippen molar-refractivity contribution in [2.75, 3.05) is 13.7 Å². The van der Waals surface area contributed by atoms with Crippen LogP contribution in [0.2, 0.25) is 5.02 Å². The predicted octanol–water partition coefficient (Wildman–Crippen LogP) is 4.13. The zero-order valence-electron chi connectivity index (χ0n) is 11.4. The van der Waals surface area contributed by atoms with Gasteiger partial charge >= 0.3 is 0 Å². The summed E-state index contributed by atoms with van der Waals surface area (Å²) in [4.78, 5) is 0. The summed E-state index contributed by atoms with van der Waals surface area (Å²) in [7, 11) is 1.57. The van der Waals surface area contributed by atoms with Crippen LogP contribution in [0.3, 0.4) is 0 Å². The van der Waals surface area contributed by atoms with Gasteiger partial charge in [0, 0.05) is 27.0 Å². The molecule has 1 unspecified atom stereocenters. The number of hydrogen-bond acceptors (Lipinski definition) is 3. The van der Waals surface area contributed by atoms with Crippen LogP contribution in [0.4, 0.5) is 0 Å². The number of benzene rings is 2. The molecule has 0 aromatic heterocycles. The molecule has 0 spiro atoms. The van der Waals surface area contributed by atoms with E-state index in [1.807, 2.05) is 12.1 Å². The Labute approximate surface area is 136 Å². The zero-order chi connectivity index (χ0) is 15.0. The third-order valence-corrected chi connectivity index (χ3v) is 4.25.